The highest BCUT2D eigenvalue weighted by molar-refractivity contribution is 7.98. The second-order valence-electron chi connectivity index (χ2n) is 7.06. The lowest BCUT2D eigenvalue weighted by Crippen LogP contribution is -2.53. The number of nitrogens with one attached hydrogen (secondary N) is 2. The maximum absolute atomic E-state index is 11.8. The highest BCUT2D eigenvalue weighted by Gasteiger charge is 2.26. The van der Waals surface area contributed by atoms with Crippen LogP contribution in [0.15, 0.2) is 59.8 Å². The van der Waals surface area contributed by atoms with E-state index in [4.69, 9.17) is 4.74 Å². The van der Waals surface area contributed by atoms with Crippen molar-refractivity contribution in [3.63, 3.8) is 0 Å². The third-order valence-electron chi connectivity index (χ3n) is 4.77. The maximum Gasteiger partial charge on any atom is 0.321 e. The Kier molecular flexibility index (Phi) is 6.51. The molecule has 0 bridgehead atoms. The minimum atomic E-state index is -0.480. The second-order valence-corrected chi connectivity index (χ2v) is 8.00. The summed E-state index contributed by atoms with van der Waals surface area (Å²) in [6.45, 7) is 2.54. The number of carbonyl (C=O) groups is 2. The van der Waals surface area contributed by atoms with Crippen molar-refractivity contribution >= 4 is 23.7 Å². The average molecular weight is 438 g/mol. The normalized spacial score (nSPS) is 16.0. The van der Waals surface area contributed by atoms with E-state index in [0.29, 0.717) is 18.9 Å². The van der Waals surface area contributed by atoms with Crippen LogP contribution in [-0.2, 0) is 17.0 Å². The molecule has 0 aliphatic carbocycles. The summed E-state index contributed by atoms with van der Waals surface area (Å²) in [5, 5.41) is 14.6. The summed E-state index contributed by atoms with van der Waals surface area (Å²) in [5.74, 6) is 1.92. The molecule has 3 aromatic rings. The summed E-state index contributed by atoms with van der Waals surface area (Å²) in [7, 11) is 0. The van der Waals surface area contributed by atoms with Crippen molar-refractivity contribution in [1.82, 2.24) is 25.4 Å². The van der Waals surface area contributed by atoms with Crippen LogP contribution < -0.4 is 15.4 Å². The fourth-order valence-corrected chi connectivity index (χ4v) is 4.31. The van der Waals surface area contributed by atoms with Gasteiger partial charge in [-0.3, -0.25) is 14.7 Å². The number of aromatic nitrogens is 3. The van der Waals surface area contributed by atoms with Gasteiger partial charge in [0.1, 0.15) is 11.6 Å². The third-order valence-corrected chi connectivity index (χ3v) is 5.77. The fourth-order valence-electron chi connectivity index (χ4n) is 3.38. The SMILES string of the molecule is CCOc1ccc(-n2c(CC3CC(=O)NC(=O)N3)nnc2SCc2ccccc2)cc1. The zero-order chi connectivity index (χ0) is 21.6. The Morgan fingerprint density at radius 3 is 2.58 bits per heavy atom. The van der Waals surface area contributed by atoms with Gasteiger partial charge in [0.25, 0.3) is 0 Å². The highest BCUT2D eigenvalue weighted by atomic mass is 32.2. The van der Waals surface area contributed by atoms with Crippen LogP contribution in [0.4, 0.5) is 4.79 Å². The first kappa shape index (κ1) is 20.9. The van der Waals surface area contributed by atoms with Crippen molar-refractivity contribution in [3.05, 3.63) is 66.0 Å². The molecule has 160 valence electrons. The van der Waals surface area contributed by atoms with E-state index in [-0.39, 0.29) is 18.4 Å². The van der Waals surface area contributed by atoms with Gasteiger partial charge in [-0.05, 0) is 36.8 Å². The lowest BCUT2D eigenvalue weighted by Gasteiger charge is -2.23. The number of hydrogen-bond acceptors (Lipinski definition) is 6. The van der Waals surface area contributed by atoms with Gasteiger partial charge < -0.3 is 10.1 Å². The predicted molar refractivity (Wildman–Crippen MR) is 117 cm³/mol. The highest BCUT2D eigenvalue weighted by Crippen LogP contribution is 2.27. The quantitative estimate of drug-likeness (QED) is 0.526. The molecule has 1 fully saturated rings. The van der Waals surface area contributed by atoms with Crippen molar-refractivity contribution in [2.45, 2.75) is 36.7 Å². The van der Waals surface area contributed by atoms with Gasteiger partial charge in [0.2, 0.25) is 5.91 Å². The predicted octanol–water partition coefficient (Wildman–Crippen LogP) is 3.10. The van der Waals surface area contributed by atoms with E-state index >= 15 is 0 Å². The topological polar surface area (TPSA) is 98.1 Å². The van der Waals surface area contributed by atoms with E-state index < -0.39 is 6.03 Å². The smallest absolute Gasteiger partial charge is 0.321 e. The lowest BCUT2D eigenvalue weighted by molar-refractivity contribution is -0.121. The van der Waals surface area contributed by atoms with Crippen molar-refractivity contribution < 1.29 is 14.3 Å². The molecule has 1 aromatic heterocycles. The standard InChI is InChI=1S/C22H23N5O3S/c1-2-30-18-10-8-17(9-11-18)27-19(12-16-13-20(28)24-21(29)23-16)25-26-22(27)31-14-15-6-4-3-5-7-15/h3-11,16H,2,12-14H2,1H3,(H2,23,24,28,29). The Morgan fingerprint density at radius 1 is 1.10 bits per heavy atom. The Hall–Kier alpha value is -3.33. The minimum absolute atomic E-state index is 0.203. The van der Waals surface area contributed by atoms with E-state index in [1.807, 2.05) is 54.0 Å². The fraction of sp³-hybridized carbons (Fsp3) is 0.273. The molecule has 2 N–H and O–H groups in total. The Balaban J connectivity index is 1.61. The molecule has 2 aromatic carbocycles. The molecule has 1 aliphatic heterocycles. The van der Waals surface area contributed by atoms with Crippen molar-refractivity contribution in [2.75, 3.05) is 6.61 Å². The summed E-state index contributed by atoms with van der Waals surface area (Å²) in [6.07, 6.45) is 0.597. The molecule has 1 aliphatic rings. The molecule has 31 heavy (non-hydrogen) atoms. The Morgan fingerprint density at radius 2 is 1.87 bits per heavy atom. The monoisotopic (exact) mass is 437 g/mol. The van der Waals surface area contributed by atoms with Crippen LogP contribution >= 0.6 is 11.8 Å². The van der Waals surface area contributed by atoms with Gasteiger partial charge in [-0.15, -0.1) is 10.2 Å². The van der Waals surface area contributed by atoms with Crippen LogP contribution in [0.25, 0.3) is 5.69 Å². The van der Waals surface area contributed by atoms with Gasteiger partial charge in [0, 0.05) is 30.3 Å². The van der Waals surface area contributed by atoms with Crippen LogP contribution in [0.1, 0.15) is 24.7 Å². The molecule has 3 amide bonds. The molecule has 9 heteroatoms. The van der Waals surface area contributed by atoms with Crippen molar-refractivity contribution in [1.29, 1.82) is 0 Å². The van der Waals surface area contributed by atoms with E-state index in [0.717, 1.165) is 22.3 Å². The molecule has 1 atom stereocenters. The van der Waals surface area contributed by atoms with Crippen LogP contribution in [0.5, 0.6) is 5.75 Å². The number of benzene rings is 2. The number of amides is 3. The number of thioether (sulfide) groups is 1. The summed E-state index contributed by atoms with van der Waals surface area (Å²) >= 11 is 1.58. The minimum Gasteiger partial charge on any atom is -0.494 e. The van der Waals surface area contributed by atoms with Gasteiger partial charge in [-0.1, -0.05) is 42.1 Å². The van der Waals surface area contributed by atoms with E-state index in [1.165, 1.54) is 5.56 Å². The molecule has 0 radical (unpaired) electrons. The summed E-state index contributed by atoms with van der Waals surface area (Å²) in [5.41, 5.74) is 2.08. The average Bonchev–Trinajstić information content (AvgIpc) is 3.15. The zero-order valence-electron chi connectivity index (χ0n) is 17.1. The number of hydrogen-bond donors (Lipinski definition) is 2. The van der Waals surface area contributed by atoms with Crippen LogP contribution in [0, 0.1) is 0 Å². The molecule has 8 nitrogen and oxygen atoms in total. The number of nitrogens with zero attached hydrogens (tertiary/aromatic N) is 3. The molecular formula is C22H23N5O3S. The van der Waals surface area contributed by atoms with E-state index in [1.54, 1.807) is 11.8 Å². The lowest BCUT2D eigenvalue weighted by atomic mass is 10.1. The maximum atomic E-state index is 11.8. The van der Waals surface area contributed by atoms with Gasteiger partial charge in [-0.2, -0.15) is 0 Å². The molecular weight excluding hydrogens is 414 g/mol. The van der Waals surface area contributed by atoms with Crippen LogP contribution in [0.2, 0.25) is 0 Å². The zero-order valence-corrected chi connectivity index (χ0v) is 17.9. The molecule has 2 heterocycles. The second kappa shape index (κ2) is 9.65. The number of carbonyl (C=O) groups excluding carboxylic acids is 2. The first-order chi connectivity index (χ1) is 15.1. The van der Waals surface area contributed by atoms with Crippen LogP contribution in [0.3, 0.4) is 0 Å². The summed E-state index contributed by atoms with van der Waals surface area (Å²) < 4.78 is 7.53. The Labute approximate surface area is 184 Å². The Bertz CT molecular complexity index is 1040. The summed E-state index contributed by atoms with van der Waals surface area (Å²) in [6, 6.07) is 17.1. The van der Waals surface area contributed by atoms with Gasteiger partial charge in [0.15, 0.2) is 5.16 Å². The van der Waals surface area contributed by atoms with E-state index in [2.05, 4.69) is 33.0 Å². The number of imide groups is 1. The third kappa shape index (κ3) is 5.24. The molecule has 1 unspecified atom stereocenters. The van der Waals surface area contributed by atoms with Gasteiger partial charge in [-0.25, -0.2) is 4.79 Å². The van der Waals surface area contributed by atoms with Crippen molar-refractivity contribution in [2.24, 2.45) is 0 Å². The number of ether oxygens (including phenoxy) is 1. The molecule has 4 rings (SSSR count). The van der Waals surface area contributed by atoms with Gasteiger partial charge in [0.05, 0.1) is 6.61 Å². The molecule has 0 saturated carbocycles. The first-order valence-corrected chi connectivity index (χ1v) is 11.1. The number of urea groups is 1. The molecule has 0 spiro atoms. The van der Waals surface area contributed by atoms with Crippen LogP contribution in [-0.4, -0.2) is 39.4 Å². The molecule has 1 saturated heterocycles. The van der Waals surface area contributed by atoms with Crippen molar-refractivity contribution in [3.8, 4) is 11.4 Å². The largest absolute Gasteiger partial charge is 0.494 e. The van der Waals surface area contributed by atoms with Gasteiger partial charge >= 0.3 is 6.03 Å². The number of rotatable bonds is 8. The van der Waals surface area contributed by atoms with E-state index in [9.17, 15) is 9.59 Å². The first-order valence-electron chi connectivity index (χ1n) is 10.1. The summed E-state index contributed by atoms with van der Waals surface area (Å²) in [4.78, 5) is 23.4.